The Bertz CT molecular complexity index is 536. The Morgan fingerprint density at radius 1 is 1.39 bits per heavy atom. The van der Waals surface area contributed by atoms with Crippen LogP contribution >= 0.6 is 22.9 Å². The molecule has 0 bridgehead atoms. The highest BCUT2D eigenvalue weighted by atomic mass is 35.5. The van der Waals surface area contributed by atoms with Gasteiger partial charge in [0.25, 0.3) is 0 Å². The number of aromatic nitrogens is 1. The summed E-state index contributed by atoms with van der Waals surface area (Å²) in [5.74, 6) is -0.0183. The molecular weight excluding hydrogens is 268 g/mol. The summed E-state index contributed by atoms with van der Waals surface area (Å²) >= 11 is 7.35. The Morgan fingerprint density at radius 2 is 2.11 bits per heavy atom. The van der Waals surface area contributed by atoms with Crippen molar-refractivity contribution in [1.29, 1.82) is 0 Å². The number of nitrogens with one attached hydrogen (secondary N) is 1. The minimum atomic E-state index is -0.0183. The van der Waals surface area contributed by atoms with Crippen molar-refractivity contribution in [3.05, 3.63) is 50.9 Å². The maximum Gasteiger partial charge on any atom is 0.226 e. The average Bonchev–Trinajstić information content (AvgIpc) is 2.74. The molecule has 5 heteroatoms. The molecule has 1 aromatic heterocycles. The van der Waals surface area contributed by atoms with E-state index in [4.69, 9.17) is 11.6 Å². The van der Waals surface area contributed by atoms with E-state index >= 15 is 0 Å². The highest BCUT2D eigenvalue weighted by molar-refractivity contribution is 7.09. The van der Waals surface area contributed by atoms with E-state index < -0.39 is 0 Å². The number of benzene rings is 1. The summed E-state index contributed by atoms with van der Waals surface area (Å²) in [6.45, 7) is 2.44. The van der Waals surface area contributed by atoms with Gasteiger partial charge in [-0.1, -0.05) is 23.7 Å². The number of amides is 1. The van der Waals surface area contributed by atoms with Crippen LogP contribution in [-0.2, 0) is 17.8 Å². The lowest BCUT2D eigenvalue weighted by Crippen LogP contribution is -2.24. The van der Waals surface area contributed by atoms with Crippen molar-refractivity contribution in [2.75, 3.05) is 0 Å². The van der Waals surface area contributed by atoms with Gasteiger partial charge in [-0.3, -0.25) is 4.79 Å². The molecule has 0 radical (unpaired) electrons. The monoisotopic (exact) mass is 280 g/mol. The number of halogens is 1. The number of hydrogen-bond donors (Lipinski definition) is 1. The van der Waals surface area contributed by atoms with Gasteiger partial charge in [0, 0.05) is 16.9 Å². The second-order valence-corrected chi connectivity index (χ2v) is 5.44. The van der Waals surface area contributed by atoms with Gasteiger partial charge in [-0.05, 0) is 24.6 Å². The number of rotatable bonds is 4. The fourth-order valence-corrected chi connectivity index (χ4v) is 2.26. The van der Waals surface area contributed by atoms with Gasteiger partial charge in [0.1, 0.15) is 0 Å². The number of nitrogens with zero attached hydrogens (tertiary/aromatic N) is 1. The van der Waals surface area contributed by atoms with E-state index in [0.717, 1.165) is 16.3 Å². The molecule has 0 saturated carbocycles. The van der Waals surface area contributed by atoms with Crippen LogP contribution in [0, 0.1) is 6.92 Å². The first-order valence-corrected chi connectivity index (χ1v) is 6.81. The normalized spacial score (nSPS) is 10.3. The lowest BCUT2D eigenvalue weighted by atomic mass is 10.2. The third kappa shape index (κ3) is 3.82. The smallest absolute Gasteiger partial charge is 0.226 e. The quantitative estimate of drug-likeness (QED) is 0.935. The Kier molecular flexibility index (Phi) is 4.33. The summed E-state index contributed by atoms with van der Waals surface area (Å²) in [6.07, 6.45) is 0.331. The van der Waals surface area contributed by atoms with E-state index in [-0.39, 0.29) is 5.91 Å². The van der Waals surface area contributed by atoms with E-state index in [1.165, 1.54) is 0 Å². The highest BCUT2D eigenvalue weighted by Gasteiger charge is 2.05. The molecular formula is C13H13ClN2OS. The fourth-order valence-electron chi connectivity index (χ4n) is 1.52. The molecule has 0 saturated heterocycles. The van der Waals surface area contributed by atoms with Crippen LogP contribution in [-0.4, -0.2) is 10.9 Å². The summed E-state index contributed by atoms with van der Waals surface area (Å²) in [5.41, 5.74) is 1.85. The standard InChI is InChI=1S/C13H13ClN2OS/c1-9-16-12(8-18-9)6-13(17)15-7-10-2-4-11(14)5-3-10/h2-5,8H,6-7H2,1H3,(H,15,17). The van der Waals surface area contributed by atoms with Crippen molar-refractivity contribution in [3.8, 4) is 0 Å². The summed E-state index contributed by atoms with van der Waals surface area (Å²) in [6, 6.07) is 7.42. The van der Waals surface area contributed by atoms with E-state index in [1.807, 2.05) is 36.6 Å². The van der Waals surface area contributed by atoms with Crippen LogP contribution in [0.15, 0.2) is 29.6 Å². The first kappa shape index (κ1) is 13.1. The van der Waals surface area contributed by atoms with Crippen molar-refractivity contribution in [3.63, 3.8) is 0 Å². The van der Waals surface area contributed by atoms with Gasteiger partial charge < -0.3 is 5.32 Å². The number of carbonyl (C=O) groups is 1. The molecule has 0 spiro atoms. The van der Waals surface area contributed by atoms with E-state index in [9.17, 15) is 4.79 Å². The number of aryl methyl sites for hydroxylation is 1. The molecule has 0 atom stereocenters. The molecule has 1 amide bonds. The summed E-state index contributed by atoms with van der Waals surface area (Å²) in [7, 11) is 0. The van der Waals surface area contributed by atoms with Crippen LogP contribution in [0.5, 0.6) is 0 Å². The van der Waals surface area contributed by atoms with Crippen molar-refractivity contribution in [2.24, 2.45) is 0 Å². The van der Waals surface area contributed by atoms with Crippen LogP contribution in [0.3, 0.4) is 0 Å². The van der Waals surface area contributed by atoms with Crippen LogP contribution in [0.4, 0.5) is 0 Å². The second kappa shape index (κ2) is 5.98. The molecule has 0 aliphatic heterocycles. The molecule has 1 aromatic carbocycles. The van der Waals surface area contributed by atoms with Gasteiger partial charge in [-0.15, -0.1) is 11.3 Å². The van der Waals surface area contributed by atoms with Gasteiger partial charge in [0.15, 0.2) is 0 Å². The molecule has 0 aliphatic rings. The Morgan fingerprint density at radius 3 is 2.72 bits per heavy atom. The predicted molar refractivity (Wildman–Crippen MR) is 73.9 cm³/mol. The Labute approximate surface area is 115 Å². The minimum absolute atomic E-state index is 0.0183. The highest BCUT2D eigenvalue weighted by Crippen LogP contribution is 2.10. The van der Waals surface area contributed by atoms with Crippen LogP contribution in [0.2, 0.25) is 5.02 Å². The average molecular weight is 281 g/mol. The topological polar surface area (TPSA) is 42.0 Å². The van der Waals surface area contributed by atoms with Crippen LogP contribution in [0.1, 0.15) is 16.3 Å². The number of thiazole rings is 1. The SMILES string of the molecule is Cc1nc(CC(=O)NCc2ccc(Cl)cc2)cs1. The molecule has 1 N–H and O–H groups in total. The molecule has 0 fully saturated rings. The largest absolute Gasteiger partial charge is 0.352 e. The molecule has 94 valence electrons. The van der Waals surface area contributed by atoms with E-state index in [2.05, 4.69) is 10.3 Å². The first-order valence-electron chi connectivity index (χ1n) is 5.55. The molecule has 0 aliphatic carbocycles. The van der Waals surface area contributed by atoms with E-state index in [1.54, 1.807) is 11.3 Å². The Balaban J connectivity index is 1.83. The van der Waals surface area contributed by atoms with Crippen LogP contribution < -0.4 is 5.32 Å². The van der Waals surface area contributed by atoms with Crippen molar-refractivity contribution < 1.29 is 4.79 Å². The summed E-state index contributed by atoms with van der Waals surface area (Å²) < 4.78 is 0. The van der Waals surface area contributed by atoms with Gasteiger partial charge in [-0.2, -0.15) is 0 Å². The van der Waals surface area contributed by atoms with Gasteiger partial charge in [0.05, 0.1) is 17.1 Å². The molecule has 3 nitrogen and oxygen atoms in total. The number of hydrogen-bond acceptors (Lipinski definition) is 3. The van der Waals surface area contributed by atoms with Crippen LogP contribution in [0.25, 0.3) is 0 Å². The third-order valence-corrected chi connectivity index (χ3v) is 3.49. The summed E-state index contributed by atoms with van der Waals surface area (Å²) in [5, 5.41) is 6.45. The Hall–Kier alpha value is -1.39. The maximum atomic E-state index is 11.7. The lowest BCUT2D eigenvalue weighted by Gasteiger charge is -2.04. The predicted octanol–water partition coefficient (Wildman–Crippen LogP) is 2.96. The number of carbonyl (C=O) groups excluding carboxylic acids is 1. The summed E-state index contributed by atoms with van der Waals surface area (Å²) in [4.78, 5) is 15.9. The lowest BCUT2D eigenvalue weighted by molar-refractivity contribution is -0.120. The van der Waals surface area contributed by atoms with Crippen molar-refractivity contribution >= 4 is 28.8 Å². The van der Waals surface area contributed by atoms with Gasteiger partial charge >= 0.3 is 0 Å². The van der Waals surface area contributed by atoms with E-state index in [0.29, 0.717) is 18.0 Å². The maximum absolute atomic E-state index is 11.7. The van der Waals surface area contributed by atoms with Gasteiger partial charge in [0.2, 0.25) is 5.91 Å². The first-order chi connectivity index (χ1) is 8.63. The van der Waals surface area contributed by atoms with Crippen molar-refractivity contribution in [2.45, 2.75) is 19.9 Å². The molecule has 2 aromatic rings. The molecule has 2 rings (SSSR count). The molecule has 0 unspecified atom stereocenters. The van der Waals surface area contributed by atoms with Crippen molar-refractivity contribution in [1.82, 2.24) is 10.3 Å². The zero-order valence-corrected chi connectivity index (χ0v) is 11.5. The van der Waals surface area contributed by atoms with Gasteiger partial charge in [-0.25, -0.2) is 4.98 Å². The molecule has 1 heterocycles. The third-order valence-electron chi connectivity index (χ3n) is 2.41. The molecule has 18 heavy (non-hydrogen) atoms. The zero-order valence-electron chi connectivity index (χ0n) is 9.94. The second-order valence-electron chi connectivity index (χ2n) is 3.94. The minimum Gasteiger partial charge on any atom is -0.352 e. The zero-order chi connectivity index (χ0) is 13.0. The fraction of sp³-hybridized carbons (Fsp3) is 0.231.